The average Bonchev–Trinajstić information content (AvgIpc) is 2.74. The van der Waals surface area contributed by atoms with Crippen molar-refractivity contribution in [3.05, 3.63) is 12.0 Å². The van der Waals surface area contributed by atoms with Crippen molar-refractivity contribution >= 4 is 26.0 Å². The molecule has 2 N–H and O–H groups in total. The fraction of sp³-hybridized carbons (Fsp3) is 0.727. The number of aromatic amines is 1. The van der Waals surface area contributed by atoms with Crippen LogP contribution in [-0.4, -0.2) is 29.8 Å². The number of hydrogen-bond donors (Lipinski definition) is 2. The highest BCUT2D eigenvalue weighted by atomic mass is 79.9. The molecule has 1 heterocycles. The summed E-state index contributed by atoms with van der Waals surface area (Å²) in [5.41, 5.74) is 0. The third-order valence-electron chi connectivity index (χ3n) is 3.25. The van der Waals surface area contributed by atoms with Crippen molar-refractivity contribution in [2.75, 3.05) is 6.54 Å². The summed E-state index contributed by atoms with van der Waals surface area (Å²) in [5, 5.41) is 0.145. The van der Waals surface area contributed by atoms with Gasteiger partial charge in [-0.05, 0) is 32.1 Å². The number of H-pyrrole nitrogens is 1. The second-order valence-corrected chi connectivity index (χ2v) is 7.85. The number of nitrogens with zero attached hydrogens (tertiary/aromatic N) is 1. The molecule has 2 atom stereocenters. The van der Waals surface area contributed by atoms with Gasteiger partial charge in [0.2, 0.25) is 0 Å². The van der Waals surface area contributed by atoms with Crippen molar-refractivity contribution in [1.82, 2.24) is 14.7 Å². The zero-order valence-electron chi connectivity index (χ0n) is 10.3. The van der Waals surface area contributed by atoms with E-state index >= 15 is 0 Å². The molecule has 0 aromatic carbocycles. The van der Waals surface area contributed by atoms with Crippen LogP contribution < -0.4 is 4.72 Å². The van der Waals surface area contributed by atoms with Crippen LogP contribution >= 0.6 is 15.9 Å². The summed E-state index contributed by atoms with van der Waals surface area (Å²) in [6.45, 7) is 2.23. The first-order valence-corrected chi connectivity index (χ1v) is 8.52. The van der Waals surface area contributed by atoms with Crippen LogP contribution in [0.3, 0.4) is 0 Å². The van der Waals surface area contributed by atoms with E-state index in [4.69, 9.17) is 0 Å². The monoisotopic (exact) mass is 335 g/mol. The van der Waals surface area contributed by atoms with Crippen molar-refractivity contribution in [2.45, 2.75) is 42.5 Å². The molecule has 1 aliphatic carbocycles. The lowest BCUT2D eigenvalue weighted by Crippen LogP contribution is -2.32. The summed E-state index contributed by atoms with van der Waals surface area (Å²) < 4.78 is 26.6. The highest BCUT2D eigenvalue weighted by molar-refractivity contribution is 9.09. The second-order valence-electron chi connectivity index (χ2n) is 4.81. The summed E-state index contributed by atoms with van der Waals surface area (Å²) in [6.07, 6.45) is 5.82. The Hall–Kier alpha value is -0.400. The summed E-state index contributed by atoms with van der Waals surface area (Å²) in [4.78, 5) is 7.17. The van der Waals surface area contributed by atoms with Crippen LogP contribution in [0.15, 0.2) is 11.2 Å². The smallest absolute Gasteiger partial charge is 0.257 e. The number of hydrogen-bond acceptors (Lipinski definition) is 3. The molecule has 0 saturated heterocycles. The molecule has 0 amide bonds. The Morgan fingerprint density at radius 2 is 2.33 bits per heavy atom. The number of aromatic nitrogens is 2. The average molecular weight is 336 g/mol. The zero-order chi connectivity index (χ0) is 13.2. The quantitative estimate of drug-likeness (QED) is 0.826. The van der Waals surface area contributed by atoms with E-state index in [-0.39, 0.29) is 5.03 Å². The van der Waals surface area contributed by atoms with Gasteiger partial charge in [-0.2, -0.15) is 0 Å². The molecule has 1 aromatic rings. The van der Waals surface area contributed by atoms with Gasteiger partial charge >= 0.3 is 0 Å². The molecule has 0 spiro atoms. The van der Waals surface area contributed by atoms with Crippen LogP contribution in [0.5, 0.6) is 0 Å². The molecule has 0 radical (unpaired) electrons. The van der Waals surface area contributed by atoms with E-state index in [2.05, 4.69) is 30.6 Å². The van der Waals surface area contributed by atoms with Gasteiger partial charge in [0.1, 0.15) is 5.82 Å². The van der Waals surface area contributed by atoms with E-state index in [0.717, 1.165) is 19.3 Å². The maximum Gasteiger partial charge on any atom is 0.257 e. The molecule has 2 unspecified atom stereocenters. The lowest BCUT2D eigenvalue weighted by molar-refractivity contribution is 0.367. The number of imidazole rings is 1. The SMILES string of the molecule is Cc1ncc(S(=O)(=O)NCC2CCCC(Br)C2)[nH]1. The van der Waals surface area contributed by atoms with Crippen LogP contribution in [0, 0.1) is 12.8 Å². The predicted octanol–water partition coefficient (Wildman–Crippen LogP) is 1.95. The number of nitrogens with one attached hydrogen (secondary N) is 2. The largest absolute Gasteiger partial charge is 0.332 e. The Labute approximate surface area is 116 Å². The minimum absolute atomic E-state index is 0.145. The fourth-order valence-electron chi connectivity index (χ4n) is 2.25. The first-order chi connectivity index (χ1) is 8.47. The summed E-state index contributed by atoms with van der Waals surface area (Å²) in [7, 11) is -3.44. The molecule has 1 aromatic heterocycles. The Morgan fingerprint density at radius 3 is 2.94 bits per heavy atom. The minimum Gasteiger partial charge on any atom is -0.332 e. The van der Waals surface area contributed by atoms with Gasteiger partial charge in [0.15, 0.2) is 5.03 Å². The third kappa shape index (κ3) is 3.55. The molecular weight excluding hydrogens is 318 g/mol. The highest BCUT2D eigenvalue weighted by Gasteiger charge is 2.23. The number of alkyl halides is 1. The van der Waals surface area contributed by atoms with Crippen molar-refractivity contribution in [2.24, 2.45) is 5.92 Å². The minimum atomic E-state index is -3.44. The molecule has 18 heavy (non-hydrogen) atoms. The summed E-state index contributed by atoms with van der Waals surface area (Å²) in [5.74, 6) is 1.02. The van der Waals surface area contributed by atoms with Gasteiger partial charge in [0.05, 0.1) is 6.20 Å². The zero-order valence-corrected chi connectivity index (χ0v) is 12.7. The molecule has 1 fully saturated rings. The molecule has 0 bridgehead atoms. The van der Waals surface area contributed by atoms with Gasteiger partial charge < -0.3 is 4.98 Å². The van der Waals surface area contributed by atoms with Gasteiger partial charge in [-0.1, -0.05) is 22.4 Å². The summed E-state index contributed by atoms with van der Waals surface area (Å²) in [6, 6.07) is 0. The van der Waals surface area contributed by atoms with E-state index in [0.29, 0.717) is 23.1 Å². The van der Waals surface area contributed by atoms with Crippen molar-refractivity contribution in [1.29, 1.82) is 0 Å². The van der Waals surface area contributed by atoms with E-state index in [1.807, 2.05) is 0 Å². The number of rotatable bonds is 4. The number of aryl methyl sites for hydroxylation is 1. The van der Waals surface area contributed by atoms with Crippen molar-refractivity contribution in [3.63, 3.8) is 0 Å². The van der Waals surface area contributed by atoms with Crippen molar-refractivity contribution in [3.8, 4) is 0 Å². The fourth-order valence-corrected chi connectivity index (χ4v) is 4.19. The number of sulfonamides is 1. The van der Waals surface area contributed by atoms with Gasteiger partial charge in [0, 0.05) is 11.4 Å². The normalized spacial score (nSPS) is 25.2. The molecule has 1 aliphatic rings. The van der Waals surface area contributed by atoms with Crippen LogP contribution in [0.2, 0.25) is 0 Å². The Morgan fingerprint density at radius 1 is 1.56 bits per heavy atom. The Balaban J connectivity index is 1.93. The maximum atomic E-state index is 12.0. The van der Waals surface area contributed by atoms with Crippen LogP contribution in [0.4, 0.5) is 0 Å². The van der Waals surface area contributed by atoms with Crippen molar-refractivity contribution < 1.29 is 8.42 Å². The molecule has 5 nitrogen and oxygen atoms in total. The Kier molecular flexibility index (Phi) is 4.45. The highest BCUT2D eigenvalue weighted by Crippen LogP contribution is 2.28. The van der Waals surface area contributed by atoms with Gasteiger partial charge in [-0.25, -0.2) is 18.1 Å². The standard InChI is InChI=1S/C11H18BrN3O2S/c1-8-13-7-11(15-8)18(16,17)14-6-9-3-2-4-10(12)5-9/h7,9-10,14H,2-6H2,1H3,(H,13,15). The maximum absolute atomic E-state index is 12.0. The van der Waals surface area contributed by atoms with Crippen LogP contribution in [0.25, 0.3) is 0 Å². The van der Waals surface area contributed by atoms with Gasteiger partial charge in [-0.15, -0.1) is 0 Å². The van der Waals surface area contributed by atoms with Crippen LogP contribution in [0.1, 0.15) is 31.5 Å². The van der Waals surface area contributed by atoms with Gasteiger partial charge in [0.25, 0.3) is 10.0 Å². The molecule has 2 rings (SSSR count). The molecule has 102 valence electrons. The second kappa shape index (κ2) is 5.71. The topological polar surface area (TPSA) is 74.8 Å². The lowest BCUT2D eigenvalue weighted by Gasteiger charge is -2.25. The van der Waals surface area contributed by atoms with E-state index in [1.165, 1.54) is 12.6 Å². The third-order valence-corrected chi connectivity index (χ3v) is 5.41. The Bertz CT molecular complexity index is 500. The van der Waals surface area contributed by atoms with E-state index in [9.17, 15) is 8.42 Å². The molecule has 0 aliphatic heterocycles. The molecule has 7 heteroatoms. The van der Waals surface area contributed by atoms with Gasteiger partial charge in [-0.3, -0.25) is 0 Å². The van der Waals surface area contributed by atoms with E-state index in [1.54, 1.807) is 6.92 Å². The predicted molar refractivity (Wildman–Crippen MR) is 73.2 cm³/mol. The number of halogens is 1. The first-order valence-electron chi connectivity index (χ1n) is 6.13. The first kappa shape index (κ1) is 14.0. The van der Waals surface area contributed by atoms with E-state index < -0.39 is 10.0 Å². The molecular formula is C11H18BrN3O2S. The lowest BCUT2D eigenvalue weighted by atomic mass is 9.89. The molecule has 1 saturated carbocycles. The summed E-state index contributed by atoms with van der Waals surface area (Å²) >= 11 is 3.60. The van der Waals surface area contributed by atoms with Crippen LogP contribution in [-0.2, 0) is 10.0 Å².